The van der Waals surface area contributed by atoms with Crippen LogP contribution in [0.2, 0.25) is 0 Å². The molecule has 0 aliphatic carbocycles. The third-order valence-corrected chi connectivity index (χ3v) is 5.57. The highest BCUT2D eigenvalue weighted by atomic mass is 35.5. The first-order valence-electron chi connectivity index (χ1n) is 10.7. The predicted molar refractivity (Wildman–Crippen MR) is 132 cm³/mol. The van der Waals surface area contributed by atoms with Crippen LogP contribution in [0, 0.1) is 18.3 Å². The number of hydrogen-bond donors (Lipinski definition) is 3. The van der Waals surface area contributed by atoms with Crippen LogP contribution >= 0.6 is 12.4 Å². The lowest BCUT2D eigenvalue weighted by Gasteiger charge is -2.27. The standard InChI is InChI=1S/C24H24N8.ClH/c1-16-10-19(12-20(14-25)28-16)18-2-3-21-22(13-18)30-24(29-21)31-23-11-17(4-5-27-23)15-32-8-6-26-7-9-32;/h2-5,10-13,26H,6-9,15H2,1H3,(H2,27,29,30,31);1H. The molecule has 8 nitrogen and oxygen atoms in total. The molecule has 4 heterocycles. The van der Waals surface area contributed by atoms with Gasteiger partial charge in [-0.05, 0) is 60.0 Å². The number of aromatic amines is 1. The van der Waals surface area contributed by atoms with E-state index in [4.69, 9.17) is 0 Å². The highest BCUT2D eigenvalue weighted by Crippen LogP contribution is 2.26. The van der Waals surface area contributed by atoms with Crippen LogP contribution in [0.15, 0.2) is 48.7 Å². The fourth-order valence-electron chi connectivity index (χ4n) is 4.03. The van der Waals surface area contributed by atoms with E-state index >= 15 is 0 Å². The average molecular weight is 461 g/mol. The number of nitrogens with one attached hydrogen (secondary N) is 3. The first-order chi connectivity index (χ1) is 15.7. The summed E-state index contributed by atoms with van der Waals surface area (Å²) in [7, 11) is 0. The van der Waals surface area contributed by atoms with Crippen molar-refractivity contribution in [3.05, 3.63) is 65.6 Å². The van der Waals surface area contributed by atoms with Crippen LogP contribution < -0.4 is 10.6 Å². The lowest BCUT2D eigenvalue weighted by atomic mass is 10.0. The van der Waals surface area contributed by atoms with Gasteiger partial charge in [-0.15, -0.1) is 12.4 Å². The fourth-order valence-corrected chi connectivity index (χ4v) is 4.03. The Kier molecular flexibility index (Phi) is 6.84. The van der Waals surface area contributed by atoms with Crippen molar-refractivity contribution in [3.8, 4) is 17.2 Å². The quantitative estimate of drug-likeness (QED) is 0.416. The minimum atomic E-state index is 0. The number of aryl methyl sites for hydroxylation is 1. The summed E-state index contributed by atoms with van der Waals surface area (Å²) >= 11 is 0. The van der Waals surface area contributed by atoms with Crippen LogP contribution in [0.3, 0.4) is 0 Å². The number of halogens is 1. The summed E-state index contributed by atoms with van der Waals surface area (Å²) in [5.41, 5.74) is 6.20. The Morgan fingerprint density at radius 3 is 2.73 bits per heavy atom. The smallest absolute Gasteiger partial charge is 0.206 e. The molecule has 9 heteroatoms. The van der Waals surface area contributed by atoms with E-state index in [1.165, 1.54) is 5.56 Å². The Morgan fingerprint density at radius 1 is 1.06 bits per heavy atom. The summed E-state index contributed by atoms with van der Waals surface area (Å²) in [6.07, 6.45) is 1.83. The number of H-pyrrole nitrogens is 1. The van der Waals surface area contributed by atoms with Gasteiger partial charge in [0.25, 0.3) is 0 Å². The summed E-state index contributed by atoms with van der Waals surface area (Å²) in [6, 6.07) is 16.1. The molecule has 1 saturated heterocycles. The van der Waals surface area contributed by atoms with Gasteiger partial charge in [0.2, 0.25) is 5.95 Å². The van der Waals surface area contributed by atoms with Crippen molar-refractivity contribution >= 4 is 35.2 Å². The number of imidazole rings is 1. The number of nitriles is 1. The summed E-state index contributed by atoms with van der Waals surface area (Å²) in [6.45, 7) is 7.00. The topological polar surface area (TPSA) is 106 Å². The van der Waals surface area contributed by atoms with Crippen molar-refractivity contribution < 1.29 is 0 Å². The van der Waals surface area contributed by atoms with Crippen LogP contribution in [-0.4, -0.2) is 51.0 Å². The van der Waals surface area contributed by atoms with Crippen LogP contribution in [0.25, 0.3) is 22.2 Å². The van der Waals surface area contributed by atoms with Crippen molar-refractivity contribution in [2.75, 3.05) is 31.5 Å². The lowest BCUT2D eigenvalue weighted by molar-refractivity contribution is 0.233. The molecule has 1 aromatic carbocycles. The van der Waals surface area contributed by atoms with Crippen LogP contribution in [0.1, 0.15) is 17.0 Å². The molecule has 1 fully saturated rings. The molecule has 1 aliphatic rings. The van der Waals surface area contributed by atoms with E-state index in [-0.39, 0.29) is 12.4 Å². The van der Waals surface area contributed by atoms with E-state index in [0.29, 0.717) is 11.6 Å². The van der Waals surface area contributed by atoms with Crippen molar-refractivity contribution in [3.63, 3.8) is 0 Å². The van der Waals surface area contributed by atoms with E-state index in [1.807, 2.05) is 37.4 Å². The number of rotatable bonds is 5. The first kappa shape index (κ1) is 22.7. The second-order valence-electron chi connectivity index (χ2n) is 8.01. The number of benzene rings is 1. The van der Waals surface area contributed by atoms with Crippen molar-refractivity contribution in [1.29, 1.82) is 5.26 Å². The molecule has 1 aliphatic heterocycles. The molecule has 5 rings (SSSR count). The largest absolute Gasteiger partial charge is 0.324 e. The molecule has 0 saturated carbocycles. The number of anilines is 2. The van der Waals surface area contributed by atoms with Crippen molar-refractivity contribution in [2.24, 2.45) is 0 Å². The van der Waals surface area contributed by atoms with Gasteiger partial charge in [0.05, 0.1) is 11.0 Å². The van der Waals surface area contributed by atoms with Gasteiger partial charge >= 0.3 is 0 Å². The number of aromatic nitrogens is 4. The van der Waals surface area contributed by atoms with E-state index in [9.17, 15) is 5.26 Å². The molecule has 0 spiro atoms. The molecule has 3 aromatic heterocycles. The molecule has 168 valence electrons. The molecule has 3 N–H and O–H groups in total. The first-order valence-corrected chi connectivity index (χ1v) is 10.7. The third kappa shape index (κ3) is 5.29. The van der Waals surface area contributed by atoms with Crippen LogP contribution in [-0.2, 0) is 6.54 Å². The van der Waals surface area contributed by atoms with E-state index in [0.717, 1.165) is 66.4 Å². The SMILES string of the molecule is Cc1cc(-c2ccc3nc(Nc4cc(CN5CCNCC5)ccn4)[nH]c3c2)cc(C#N)n1.Cl. The minimum Gasteiger partial charge on any atom is -0.324 e. The Balaban J connectivity index is 0.00000259. The highest BCUT2D eigenvalue weighted by molar-refractivity contribution is 5.85. The zero-order valence-corrected chi connectivity index (χ0v) is 19.1. The maximum Gasteiger partial charge on any atom is 0.206 e. The summed E-state index contributed by atoms with van der Waals surface area (Å²) in [5, 5.41) is 15.9. The van der Waals surface area contributed by atoms with Crippen molar-refractivity contribution in [1.82, 2.24) is 30.2 Å². The van der Waals surface area contributed by atoms with Crippen LogP contribution in [0.5, 0.6) is 0 Å². The van der Waals surface area contributed by atoms with E-state index in [2.05, 4.69) is 53.7 Å². The molecule has 0 atom stereocenters. The van der Waals surface area contributed by atoms with Gasteiger partial charge in [-0.3, -0.25) is 4.90 Å². The second kappa shape index (κ2) is 9.96. The number of hydrogen-bond acceptors (Lipinski definition) is 7. The molecule has 0 bridgehead atoms. The summed E-state index contributed by atoms with van der Waals surface area (Å²) in [5.74, 6) is 1.41. The second-order valence-corrected chi connectivity index (χ2v) is 8.01. The average Bonchev–Trinajstić information content (AvgIpc) is 3.21. The van der Waals surface area contributed by atoms with Gasteiger partial charge in [-0.1, -0.05) is 6.07 Å². The fraction of sp³-hybridized carbons (Fsp3) is 0.250. The zero-order chi connectivity index (χ0) is 21.9. The van der Waals surface area contributed by atoms with E-state index in [1.54, 1.807) is 6.07 Å². The number of nitrogens with zero attached hydrogens (tertiary/aromatic N) is 5. The number of fused-ring (bicyclic) bond motifs is 1. The zero-order valence-electron chi connectivity index (χ0n) is 18.3. The molecule has 4 aromatic rings. The molecule has 0 radical (unpaired) electrons. The highest BCUT2D eigenvalue weighted by Gasteiger charge is 2.11. The molecule has 0 unspecified atom stereocenters. The maximum atomic E-state index is 9.21. The Bertz CT molecular complexity index is 1300. The number of piperazine rings is 1. The monoisotopic (exact) mass is 460 g/mol. The molecule has 0 amide bonds. The van der Waals surface area contributed by atoms with Gasteiger partial charge in [0, 0.05) is 44.6 Å². The summed E-state index contributed by atoms with van der Waals surface area (Å²) < 4.78 is 0. The van der Waals surface area contributed by atoms with Crippen molar-refractivity contribution in [2.45, 2.75) is 13.5 Å². The van der Waals surface area contributed by atoms with Gasteiger partial charge in [-0.25, -0.2) is 15.0 Å². The lowest BCUT2D eigenvalue weighted by Crippen LogP contribution is -2.42. The predicted octanol–water partition coefficient (Wildman–Crippen LogP) is 3.77. The van der Waals surface area contributed by atoms with Gasteiger partial charge in [0.15, 0.2) is 0 Å². The summed E-state index contributed by atoms with van der Waals surface area (Å²) in [4.78, 5) is 19.1. The molecular formula is C24H25ClN8. The molecule has 33 heavy (non-hydrogen) atoms. The van der Waals surface area contributed by atoms with Gasteiger partial charge in [-0.2, -0.15) is 5.26 Å². The van der Waals surface area contributed by atoms with Gasteiger partial charge in [0.1, 0.15) is 17.6 Å². The van der Waals surface area contributed by atoms with E-state index < -0.39 is 0 Å². The molecular weight excluding hydrogens is 436 g/mol. The minimum absolute atomic E-state index is 0. The maximum absolute atomic E-state index is 9.21. The Morgan fingerprint density at radius 2 is 1.91 bits per heavy atom. The Hall–Kier alpha value is -3.51. The Labute approximate surface area is 198 Å². The van der Waals surface area contributed by atoms with Crippen LogP contribution in [0.4, 0.5) is 11.8 Å². The number of pyridine rings is 2. The van der Waals surface area contributed by atoms with Gasteiger partial charge < -0.3 is 15.6 Å². The normalized spacial score (nSPS) is 13.9. The third-order valence-electron chi connectivity index (χ3n) is 5.57.